The van der Waals surface area contributed by atoms with E-state index in [4.69, 9.17) is 0 Å². The van der Waals surface area contributed by atoms with Gasteiger partial charge in [0.2, 0.25) is 0 Å². The zero-order chi connectivity index (χ0) is 18.2. The maximum atomic E-state index is 2.32. The van der Waals surface area contributed by atoms with Crippen LogP contribution in [0.2, 0.25) is 0 Å². The second-order valence-electron chi connectivity index (χ2n) is 5.33. The first-order valence-corrected chi connectivity index (χ1v) is 11.3. The minimum absolute atomic E-state index is 0.378. The molecule has 132 valence electrons. The molecule has 0 bridgehead atoms. The summed E-state index contributed by atoms with van der Waals surface area (Å²) < 4.78 is 4.64. The van der Waals surface area contributed by atoms with Gasteiger partial charge in [0.05, 0.1) is 0 Å². The Hall–Kier alpha value is -1.03. The van der Waals surface area contributed by atoms with Crippen LogP contribution in [0.5, 0.6) is 0 Å². The molecule has 24 heavy (non-hydrogen) atoms. The van der Waals surface area contributed by atoms with Gasteiger partial charge < -0.3 is 0 Å². The second kappa shape index (κ2) is 15.5. The number of hydrogen-bond acceptors (Lipinski definition) is 0. The number of hydrogen-bond donors (Lipinski definition) is 0. The smallest absolute Gasteiger partial charge is 0.0226 e. The van der Waals surface area contributed by atoms with Crippen molar-refractivity contribution < 1.29 is 17.1 Å². The molecule has 0 amide bonds. The van der Waals surface area contributed by atoms with Crippen LogP contribution >= 0.6 is 8.58 Å². The first kappa shape index (κ1) is 23.0. The third-order valence-electron chi connectivity index (χ3n) is 2.36. The summed E-state index contributed by atoms with van der Waals surface area (Å²) in [5, 5.41) is 2.79. The van der Waals surface area contributed by atoms with E-state index in [0.717, 1.165) is 8.58 Å². The minimum atomic E-state index is 0.378. The molecule has 0 nitrogen and oxygen atoms in total. The molecule has 0 atom stereocenters. The summed E-state index contributed by atoms with van der Waals surface area (Å²) >= 11 is 0.378. The van der Waals surface area contributed by atoms with Crippen molar-refractivity contribution in [3.05, 3.63) is 81.2 Å². The van der Waals surface area contributed by atoms with Gasteiger partial charge in [-0.2, -0.15) is 0 Å². The third kappa shape index (κ3) is 13.4. The van der Waals surface area contributed by atoms with Crippen LogP contribution in [0, 0.1) is 0 Å². The summed E-state index contributed by atoms with van der Waals surface area (Å²) in [7, 11) is 0.777. The summed E-state index contributed by atoms with van der Waals surface area (Å²) in [5.74, 6) is 0. The van der Waals surface area contributed by atoms with E-state index in [0.29, 0.717) is 17.1 Å². The molecule has 0 aliphatic rings. The van der Waals surface area contributed by atoms with Gasteiger partial charge in [-0.1, -0.05) is 83.1 Å². The third-order valence-corrected chi connectivity index (χ3v) is 6.19. The number of rotatable bonds is 4. The van der Waals surface area contributed by atoms with E-state index >= 15 is 0 Å². The van der Waals surface area contributed by atoms with Gasteiger partial charge in [-0.3, -0.25) is 0 Å². The standard InChI is InChI=1S/C12H11P.2C4H7.C2H6.Ru/c1-3-7-11(8-4-1)13-12-9-5-2-6-10-12;2*1-4(2)3;1-2;/h1-10,13H;2*1H,2-3H3;1-2H3;. The van der Waals surface area contributed by atoms with Crippen molar-refractivity contribution in [3.8, 4) is 0 Å². The molecule has 0 saturated carbocycles. The van der Waals surface area contributed by atoms with Gasteiger partial charge in [0.25, 0.3) is 0 Å². The van der Waals surface area contributed by atoms with Gasteiger partial charge in [-0.15, -0.1) is 0 Å². The summed E-state index contributed by atoms with van der Waals surface area (Å²) in [6.45, 7) is 12.6. The predicted octanol–water partition coefficient (Wildman–Crippen LogP) is 6.26. The SMILES string of the molecule is CC.CC(C)=[CH][Ru][CH]=C(C)C.c1ccc(Pc2ccccc2)cc1. The van der Waals surface area contributed by atoms with E-state index < -0.39 is 0 Å². The van der Waals surface area contributed by atoms with Crippen LogP contribution in [0.4, 0.5) is 0 Å². The molecule has 0 aromatic heterocycles. The van der Waals surface area contributed by atoms with Crippen molar-refractivity contribution in [2.45, 2.75) is 41.5 Å². The summed E-state index contributed by atoms with van der Waals surface area (Å²) in [6, 6.07) is 21.2. The van der Waals surface area contributed by atoms with Crippen LogP contribution in [0.3, 0.4) is 0 Å². The molecule has 0 heterocycles. The molecule has 0 aliphatic heterocycles. The Balaban J connectivity index is 0.000000426. The van der Waals surface area contributed by atoms with E-state index in [1.54, 1.807) is 0 Å². The summed E-state index contributed by atoms with van der Waals surface area (Å²) in [4.78, 5) is 0. The molecule has 2 aromatic rings. The number of allylic oxidation sites excluding steroid dienone is 2. The molecule has 0 aliphatic carbocycles. The van der Waals surface area contributed by atoms with Gasteiger partial charge in [-0.25, -0.2) is 0 Å². The van der Waals surface area contributed by atoms with Crippen LogP contribution < -0.4 is 10.6 Å². The van der Waals surface area contributed by atoms with Crippen LogP contribution in [-0.2, 0) is 17.1 Å². The van der Waals surface area contributed by atoms with Crippen molar-refractivity contribution in [3.63, 3.8) is 0 Å². The minimum Gasteiger partial charge on any atom is -0.0622 e. The van der Waals surface area contributed by atoms with Crippen LogP contribution in [0.15, 0.2) is 81.2 Å². The van der Waals surface area contributed by atoms with Gasteiger partial charge in [0, 0.05) is 0 Å². The van der Waals surface area contributed by atoms with Crippen LogP contribution in [0.1, 0.15) is 41.5 Å². The van der Waals surface area contributed by atoms with Gasteiger partial charge in [0.1, 0.15) is 0 Å². The first-order valence-electron chi connectivity index (χ1n) is 8.31. The fourth-order valence-electron chi connectivity index (χ4n) is 1.47. The monoisotopic (exact) mass is 428 g/mol. The van der Waals surface area contributed by atoms with Crippen molar-refractivity contribution in [2.75, 3.05) is 0 Å². The Labute approximate surface area is 158 Å². The van der Waals surface area contributed by atoms with Crippen LogP contribution in [-0.4, -0.2) is 0 Å². The molecular weight excluding hydrogens is 396 g/mol. The Morgan fingerprint density at radius 3 is 1.29 bits per heavy atom. The van der Waals surface area contributed by atoms with Gasteiger partial charge in [-0.05, 0) is 10.6 Å². The fraction of sp³-hybridized carbons (Fsp3) is 0.273. The van der Waals surface area contributed by atoms with E-state index in [-0.39, 0.29) is 0 Å². The summed E-state index contributed by atoms with van der Waals surface area (Å²) in [6.07, 6.45) is 0. The molecule has 0 fully saturated rings. The molecule has 0 saturated heterocycles. The zero-order valence-corrected chi connectivity index (χ0v) is 18.5. The Morgan fingerprint density at radius 1 is 0.667 bits per heavy atom. The molecule has 0 spiro atoms. The Kier molecular flexibility index (Phi) is 14.8. The van der Waals surface area contributed by atoms with E-state index in [2.05, 4.69) is 97.7 Å². The van der Waals surface area contributed by atoms with E-state index in [1.165, 1.54) is 21.8 Å². The van der Waals surface area contributed by atoms with Gasteiger partial charge in [0.15, 0.2) is 0 Å². The molecule has 0 unspecified atom stereocenters. The Morgan fingerprint density at radius 2 is 1.00 bits per heavy atom. The average Bonchev–Trinajstić information content (AvgIpc) is 2.58. The van der Waals surface area contributed by atoms with Gasteiger partial charge >= 0.3 is 65.3 Å². The van der Waals surface area contributed by atoms with Crippen molar-refractivity contribution >= 4 is 19.2 Å². The molecule has 2 aromatic carbocycles. The predicted molar refractivity (Wildman–Crippen MR) is 111 cm³/mol. The fourth-order valence-corrected chi connectivity index (χ4v) is 3.83. The second-order valence-corrected chi connectivity index (χ2v) is 8.32. The largest absolute Gasteiger partial charge is 0.0622 e. The summed E-state index contributed by atoms with van der Waals surface area (Å²) in [5.41, 5.74) is 2.87. The number of benzene rings is 2. The molecular formula is C22H31PRu. The molecule has 0 N–H and O–H groups in total. The van der Waals surface area contributed by atoms with Crippen molar-refractivity contribution in [1.82, 2.24) is 0 Å². The van der Waals surface area contributed by atoms with E-state index in [9.17, 15) is 0 Å². The average molecular weight is 428 g/mol. The van der Waals surface area contributed by atoms with Crippen LogP contribution in [0.25, 0.3) is 0 Å². The quantitative estimate of drug-likeness (QED) is 0.399. The first-order chi connectivity index (χ1) is 11.6. The molecule has 2 heteroatoms. The zero-order valence-electron chi connectivity index (χ0n) is 15.8. The van der Waals surface area contributed by atoms with Crippen molar-refractivity contribution in [2.24, 2.45) is 0 Å². The maximum absolute atomic E-state index is 2.32. The van der Waals surface area contributed by atoms with E-state index in [1.807, 2.05) is 13.8 Å². The topological polar surface area (TPSA) is 0 Å². The van der Waals surface area contributed by atoms with Crippen molar-refractivity contribution in [1.29, 1.82) is 0 Å². The maximum Gasteiger partial charge on any atom is -0.0226 e. The molecule has 0 radical (unpaired) electrons. The Bertz CT molecular complexity index is 524. The normalized spacial score (nSPS) is 8.92. The molecule has 2 rings (SSSR count).